The van der Waals surface area contributed by atoms with Gasteiger partial charge in [0.15, 0.2) is 0 Å². The van der Waals surface area contributed by atoms with Gasteiger partial charge in [-0.2, -0.15) is 13.2 Å². The second-order valence-corrected chi connectivity index (χ2v) is 9.86. The number of thiophene rings is 1. The molecule has 1 amide bonds. The first-order valence-electron chi connectivity index (χ1n) is 10.7. The smallest absolute Gasteiger partial charge is 0.425 e. The van der Waals surface area contributed by atoms with Crippen molar-refractivity contribution in [2.75, 3.05) is 19.8 Å². The number of aromatic nitrogens is 2. The number of nitrogens with zero attached hydrogens (tertiary/aromatic N) is 3. The molecule has 0 aliphatic carbocycles. The predicted molar refractivity (Wildman–Crippen MR) is 120 cm³/mol. The molecule has 4 rings (SSSR count). The Balaban J connectivity index is 1.55. The fourth-order valence-electron chi connectivity index (χ4n) is 3.98. The Morgan fingerprint density at radius 2 is 2.06 bits per heavy atom. The third-order valence-corrected chi connectivity index (χ3v) is 6.93. The average Bonchev–Trinajstić information content (AvgIpc) is 3.37. The topological polar surface area (TPSA) is 84.7 Å². The molecule has 0 spiro atoms. The Labute approximate surface area is 197 Å². The van der Waals surface area contributed by atoms with Gasteiger partial charge in [0, 0.05) is 23.8 Å². The van der Waals surface area contributed by atoms with Gasteiger partial charge in [0.05, 0.1) is 25.1 Å². The molecule has 34 heavy (non-hydrogen) atoms. The van der Waals surface area contributed by atoms with Gasteiger partial charge in [-0.1, -0.05) is 0 Å². The Hall–Kier alpha value is -2.92. The van der Waals surface area contributed by atoms with Crippen LogP contribution in [0.1, 0.15) is 35.5 Å². The monoisotopic (exact) mass is 495 g/mol. The van der Waals surface area contributed by atoms with Crippen LogP contribution < -0.4 is 0 Å². The molecule has 3 aromatic heterocycles. The lowest BCUT2D eigenvalue weighted by Gasteiger charge is -2.29. The molecule has 11 heteroatoms. The number of amides is 1. The lowest BCUT2D eigenvalue weighted by molar-refractivity contribution is -0.153. The van der Waals surface area contributed by atoms with Crippen molar-refractivity contribution in [3.05, 3.63) is 51.5 Å². The van der Waals surface area contributed by atoms with Crippen molar-refractivity contribution in [1.82, 2.24) is 14.5 Å². The van der Waals surface area contributed by atoms with E-state index in [4.69, 9.17) is 4.74 Å². The molecule has 0 saturated carbocycles. The predicted octanol–water partition coefficient (Wildman–Crippen LogP) is 4.18. The number of alkyl halides is 3. The number of carboxylic acid groups (broad SMARTS) is 1. The van der Waals surface area contributed by atoms with E-state index in [2.05, 4.69) is 4.98 Å². The van der Waals surface area contributed by atoms with Crippen LogP contribution in [0.3, 0.4) is 0 Å². The van der Waals surface area contributed by atoms with E-state index in [-0.39, 0.29) is 32.2 Å². The first kappa shape index (κ1) is 24.2. The average molecular weight is 496 g/mol. The molecule has 0 bridgehead atoms. The summed E-state index contributed by atoms with van der Waals surface area (Å²) >= 11 is 0.658. The van der Waals surface area contributed by atoms with Crippen LogP contribution in [0.15, 0.2) is 29.8 Å². The summed E-state index contributed by atoms with van der Waals surface area (Å²) in [7, 11) is 0. The Morgan fingerprint density at radius 3 is 2.74 bits per heavy atom. The number of pyridine rings is 1. The Bertz CT molecular complexity index is 1230. The molecule has 4 heterocycles. The molecule has 3 aromatic rings. The van der Waals surface area contributed by atoms with Crippen LogP contribution >= 0.6 is 11.3 Å². The fraction of sp³-hybridized carbons (Fsp3) is 0.435. The number of hydrogen-bond acceptors (Lipinski definition) is 5. The summed E-state index contributed by atoms with van der Waals surface area (Å²) in [5.74, 6) is -1.28. The largest absolute Gasteiger partial charge is 0.481 e. The molecule has 0 unspecified atom stereocenters. The lowest BCUT2D eigenvalue weighted by atomic mass is 9.95. The minimum atomic E-state index is -4.39. The molecule has 0 fully saturated rings. The van der Waals surface area contributed by atoms with Crippen molar-refractivity contribution in [2.45, 2.75) is 39.5 Å². The number of carbonyl (C=O) groups excluding carboxylic acids is 1. The maximum absolute atomic E-state index is 13.1. The summed E-state index contributed by atoms with van der Waals surface area (Å²) < 4.78 is 46.5. The Morgan fingerprint density at radius 1 is 1.29 bits per heavy atom. The standard InChI is InChI=1S/C23H24F3N3O4S/c1-22(2,21(31)32)13-33-11-19(30)28-7-5-15-16-4-3-6-27-20(16)29(17(15)10-28)9-14-8-18(34-12-14)23(24,25)26/h3-4,6,8,12H,5,7,9-11,13H2,1-2H3,(H,31,32). The SMILES string of the molecule is CC(C)(COCC(=O)N1CCc2c(n(Cc3csc(C(F)(F)F)c3)c3ncccc23)C1)C(=O)O. The number of halogens is 3. The molecule has 182 valence electrons. The highest BCUT2D eigenvalue weighted by molar-refractivity contribution is 7.10. The minimum Gasteiger partial charge on any atom is -0.481 e. The lowest BCUT2D eigenvalue weighted by Crippen LogP contribution is -2.40. The third kappa shape index (κ3) is 4.80. The number of carboxylic acids is 1. The van der Waals surface area contributed by atoms with Crippen molar-refractivity contribution in [2.24, 2.45) is 5.41 Å². The van der Waals surface area contributed by atoms with Crippen molar-refractivity contribution in [3.8, 4) is 0 Å². The maximum Gasteiger partial charge on any atom is 0.425 e. The van der Waals surface area contributed by atoms with Crippen LogP contribution in [0.5, 0.6) is 0 Å². The zero-order chi connectivity index (χ0) is 24.7. The van der Waals surface area contributed by atoms with Crippen molar-refractivity contribution in [3.63, 3.8) is 0 Å². The summed E-state index contributed by atoms with van der Waals surface area (Å²) in [6.45, 7) is 3.64. The van der Waals surface area contributed by atoms with E-state index in [9.17, 15) is 27.9 Å². The first-order chi connectivity index (χ1) is 16.0. The normalized spacial score (nSPS) is 14.4. The third-order valence-electron chi connectivity index (χ3n) is 5.91. The van der Waals surface area contributed by atoms with E-state index >= 15 is 0 Å². The molecular weight excluding hydrogens is 471 g/mol. The molecule has 1 aliphatic heterocycles. The number of carbonyl (C=O) groups is 2. The summed E-state index contributed by atoms with van der Waals surface area (Å²) in [5.41, 5.74) is 1.94. The highest BCUT2D eigenvalue weighted by atomic mass is 32.1. The van der Waals surface area contributed by atoms with Crippen molar-refractivity contribution < 1.29 is 32.6 Å². The molecule has 1 aliphatic rings. The van der Waals surface area contributed by atoms with Crippen LogP contribution in [0.25, 0.3) is 11.0 Å². The van der Waals surface area contributed by atoms with Gasteiger partial charge in [-0.3, -0.25) is 9.59 Å². The zero-order valence-corrected chi connectivity index (χ0v) is 19.5. The van der Waals surface area contributed by atoms with Crippen LogP contribution in [-0.2, 0) is 40.0 Å². The van der Waals surface area contributed by atoms with E-state index in [1.807, 2.05) is 16.7 Å². The van der Waals surface area contributed by atoms with E-state index in [0.717, 1.165) is 22.7 Å². The zero-order valence-electron chi connectivity index (χ0n) is 18.7. The van der Waals surface area contributed by atoms with Gasteiger partial charge in [-0.15, -0.1) is 11.3 Å². The number of hydrogen-bond donors (Lipinski definition) is 1. The van der Waals surface area contributed by atoms with Crippen molar-refractivity contribution >= 4 is 34.2 Å². The van der Waals surface area contributed by atoms with Gasteiger partial charge >= 0.3 is 12.1 Å². The van der Waals surface area contributed by atoms with Gasteiger partial charge in [-0.05, 0) is 55.0 Å². The molecular formula is C23H24F3N3O4S. The molecule has 1 N–H and O–H groups in total. The molecule has 0 atom stereocenters. The minimum absolute atomic E-state index is 0.100. The second kappa shape index (κ2) is 9.03. The van der Waals surface area contributed by atoms with E-state index in [0.29, 0.717) is 35.5 Å². The first-order valence-corrected chi connectivity index (χ1v) is 11.5. The molecule has 7 nitrogen and oxygen atoms in total. The fourth-order valence-corrected chi connectivity index (χ4v) is 4.75. The van der Waals surface area contributed by atoms with Gasteiger partial charge in [0.25, 0.3) is 0 Å². The summed E-state index contributed by atoms with van der Waals surface area (Å²) in [6.07, 6.45) is -2.17. The van der Waals surface area contributed by atoms with Crippen LogP contribution in [-0.4, -0.2) is 51.2 Å². The second-order valence-electron chi connectivity index (χ2n) is 8.95. The molecule has 0 radical (unpaired) electrons. The number of ether oxygens (including phenoxy) is 1. The van der Waals surface area contributed by atoms with Gasteiger partial charge in [0.2, 0.25) is 5.91 Å². The van der Waals surface area contributed by atoms with Gasteiger partial charge in [-0.25, -0.2) is 4.98 Å². The van der Waals surface area contributed by atoms with Crippen LogP contribution in [0, 0.1) is 5.41 Å². The Kier molecular flexibility index (Phi) is 6.43. The number of rotatable bonds is 7. The van der Waals surface area contributed by atoms with E-state index < -0.39 is 22.4 Å². The van der Waals surface area contributed by atoms with Crippen LogP contribution in [0.2, 0.25) is 0 Å². The van der Waals surface area contributed by atoms with E-state index in [1.54, 1.807) is 11.1 Å². The van der Waals surface area contributed by atoms with Crippen LogP contribution in [0.4, 0.5) is 13.2 Å². The summed E-state index contributed by atoms with van der Waals surface area (Å²) in [4.78, 5) is 29.4. The summed E-state index contributed by atoms with van der Waals surface area (Å²) in [6, 6.07) is 4.89. The number of aliphatic carboxylic acids is 1. The maximum atomic E-state index is 13.1. The number of fused-ring (bicyclic) bond motifs is 3. The van der Waals surface area contributed by atoms with Crippen molar-refractivity contribution in [1.29, 1.82) is 0 Å². The molecule has 0 saturated heterocycles. The summed E-state index contributed by atoms with van der Waals surface area (Å²) in [5, 5.41) is 11.6. The van der Waals surface area contributed by atoms with Gasteiger partial charge < -0.3 is 19.3 Å². The highest BCUT2D eigenvalue weighted by Gasteiger charge is 2.33. The highest BCUT2D eigenvalue weighted by Crippen LogP contribution is 2.36. The quantitative estimate of drug-likeness (QED) is 0.532. The van der Waals surface area contributed by atoms with E-state index in [1.165, 1.54) is 19.2 Å². The van der Waals surface area contributed by atoms with Gasteiger partial charge in [0.1, 0.15) is 17.1 Å². The molecule has 0 aromatic carbocycles.